The summed E-state index contributed by atoms with van der Waals surface area (Å²) in [5.41, 5.74) is 0.847. The smallest absolute Gasteiger partial charge is 0.433 e. The quantitative estimate of drug-likeness (QED) is 0.223. The van der Waals surface area contributed by atoms with Crippen LogP contribution in [0.5, 0.6) is 11.5 Å². The summed E-state index contributed by atoms with van der Waals surface area (Å²) in [6.45, 7) is 0. The number of hydrogen-bond acceptors (Lipinski definition) is 6. The molecule has 0 aliphatic rings. The molecule has 6 nitrogen and oxygen atoms in total. The van der Waals surface area contributed by atoms with Gasteiger partial charge in [0.15, 0.2) is 5.69 Å². The van der Waals surface area contributed by atoms with E-state index in [9.17, 15) is 13.2 Å². The average Bonchev–Trinajstić information content (AvgIpc) is 3.56. The van der Waals surface area contributed by atoms with Gasteiger partial charge in [-0.1, -0.05) is 41.9 Å². The number of rotatable bonds is 6. The molecule has 37 heavy (non-hydrogen) atoms. The van der Waals surface area contributed by atoms with Crippen LogP contribution >= 0.6 is 22.9 Å². The minimum absolute atomic E-state index is 0.124. The van der Waals surface area contributed by atoms with Crippen LogP contribution in [0.1, 0.15) is 5.69 Å². The molecule has 5 rings (SSSR count). The minimum atomic E-state index is -4.70. The SMILES string of the molecule is COc1cccc(-c2nn(-c3nc(-c4cccs4)cc(C(F)(F)F)n3)c(-c3cccc(OC)c3)c2Cl)c1. The molecule has 0 atom stereocenters. The molecule has 0 aliphatic heterocycles. The first-order valence-electron chi connectivity index (χ1n) is 10.9. The Morgan fingerprint density at radius 3 is 2.16 bits per heavy atom. The van der Waals surface area contributed by atoms with Crippen LogP contribution in [0.4, 0.5) is 13.2 Å². The standard InChI is InChI=1S/C26H18ClF3N4O2S/c1-35-17-8-3-6-15(12-17)23-22(27)24(16-7-4-9-18(13-16)36-2)34(33-23)25-31-19(20-10-5-11-37-20)14-21(32-25)26(28,29)30/h3-14H,1-2H3. The Morgan fingerprint density at radius 2 is 1.54 bits per heavy atom. The number of thiophene rings is 1. The molecular weight excluding hydrogens is 525 g/mol. The third-order valence-corrected chi connectivity index (χ3v) is 6.73. The molecule has 0 saturated heterocycles. The van der Waals surface area contributed by atoms with Crippen LogP contribution in [0.2, 0.25) is 5.02 Å². The lowest BCUT2D eigenvalue weighted by Gasteiger charge is -2.12. The predicted octanol–water partition coefficient (Wildman–Crippen LogP) is 7.41. The molecule has 188 valence electrons. The highest BCUT2D eigenvalue weighted by Crippen LogP contribution is 2.40. The Balaban J connectivity index is 1.80. The van der Waals surface area contributed by atoms with Crippen molar-refractivity contribution in [2.24, 2.45) is 0 Å². The van der Waals surface area contributed by atoms with Crippen molar-refractivity contribution < 1.29 is 22.6 Å². The van der Waals surface area contributed by atoms with E-state index < -0.39 is 11.9 Å². The molecule has 0 unspecified atom stereocenters. The normalized spacial score (nSPS) is 11.5. The highest BCUT2D eigenvalue weighted by Gasteiger charge is 2.35. The van der Waals surface area contributed by atoms with Gasteiger partial charge in [0, 0.05) is 11.1 Å². The van der Waals surface area contributed by atoms with E-state index in [0.29, 0.717) is 38.9 Å². The zero-order valence-corrected chi connectivity index (χ0v) is 21.0. The summed E-state index contributed by atoms with van der Waals surface area (Å²) in [7, 11) is 3.05. The average molecular weight is 543 g/mol. The molecule has 11 heteroatoms. The van der Waals surface area contributed by atoms with Gasteiger partial charge in [-0.2, -0.15) is 23.0 Å². The van der Waals surface area contributed by atoms with E-state index in [0.717, 1.165) is 6.07 Å². The van der Waals surface area contributed by atoms with Gasteiger partial charge < -0.3 is 9.47 Å². The number of methoxy groups -OCH3 is 2. The van der Waals surface area contributed by atoms with Gasteiger partial charge in [-0.3, -0.25) is 0 Å². The number of ether oxygens (including phenoxy) is 2. The van der Waals surface area contributed by atoms with E-state index in [4.69, 9.17) is 21.1 Å². The highest BCUT2D eigenvalue weighted by molar-refractivity contribution is 7.13. The lowest BCUT2D eigenvalue weighted by molar-refractivity contribution is -0.141. The summed E-state index contributed by atoms with van der Waals surface area (Å²) in [5, 5.41) is 6.57. The first-order valence-corrected chi connectivity index (χ1v) is 12.1. The Bertz CT molecular complexity index is 1570. The van der Waals surface area contributed by atoms with Crippen molar-refractivity contribution in [2.75, 3.05) is 14.2 Å². The molecule has 0 bridgehead atoms. The van der Waals surface area contributed by atoms with Gasteiger partial charge >= 0.3 is 6.18 Å². The van der Waals surface area contributed by atoms with E-state index in [2.05, 4.69) is 15.1 Å². The third-order valence-electron chi connectivity index (χ3n) is 5.48. The van der Waals surface area contributed by atoms with Crippen LogP contribution < -0.4 is 9.47 Å². The maximum atomic E-state index is 13.9. The highest BCUT2D eigenvalue weighted by atomic mass is 35.5. The first kappa shape index (κ1) is 24.8. The van der Waals surface area contributed by atoms with Gasteiger partial charge in [0.05, 0.1) is 35.5 Å². The van der Waals surface area contributed by atoms with Gasteiger partial charge in [-0.15, -0.1) is 11.3 Å². The Morgan fingerprint density at radius 1 is 0.865 bits per heavy atom. The van der Waals surface area contributed by atoms with Crippen LogP contribution in [0.15, 0.2) is 72.1 Å². The van der Waals surface area contributed by atoms with Crippen molar-refractivity contribution in [3.8, 4) is 50.5 Å². The summed E-state index contributed by atoms with van der Waals surface area (Å²) in [6, 6.07) is 18.4. The zero-order chi connectivity index (χ0) is 26.2. The topological polar surface area (TPSA) is 62.1 Å². The molecule has 0 N–H and O–H groups in total. The number of hydrogen-bond donors (Lipinski definition) is 0. The second-order valence-corrected chi connectivity index (χ2v) is 9.13. The maximum Gasteiger partial charge on any atom is 0.433 e. The van der Waals surface area contributed by atoms with Crippen LogP contribution in [0.25, 0.3) is 39.0 Å². The first-order chi connectivity index (χ1) is 17.8. The molecule has 0 radical (unpaired) electrons. The summed E-state index contributed by atoms with van der Waals surface area (Å²) in [6.07, 6.45) is -4.70. The molecule has 0 amide bonds. The summed E-state index contributed by atoms with van der Waals surface area (Å²) in [5.74, 6) is 0.835. The van der Waals surface area contributed by atoms with Gasteiger partial charge in [0.1, 0.15) is 17.2 Å². The molecular formula is C26H18ClF3N4O2S. The summed E-state index contributed by atoms with van der Waals surface area (Å²) in [4.78, 5) is 8.86. The van der Waals surface area contributed by atoms with Crippen molar-refractivity contribution in [3.63, 3.8) is 0 Å². The Kier molecular flexibility index (Phi) is 6.61. The summed E-state index contributed by atoms with van der Waals surface area (Å²) >= 11 is 8.14. The largest absolute Gasteiger partial charge is 0.497 e. The van der Waals surface area contributed by atoms with Crippen molar-refractivity contribution in [1.82, 2.24) is 19.7 Å². The van der Waals surface area contributed by atoms with Crippen LogP contribution in [0, 0.1) is 0 Å². The molecule has 5 aromatic rings. The number of alkyl halides is 3. The number of benzene rings is 2. The number of nitrogens with zero attached hydrogens (tertiary/aromatic N) is 4. The van der Waals surface area contributed by atoms with Crippen molar-refractivity contribution in [1.29, 1.82) is 0 Å². The lowest BCUT2D eigenvalue weighted by atomic mass is 10.1. The fourth-order valence-corrected chi connectivity index (χ4v) is 4.77. The molecule has 0 aliphatic carbocycles. The maximum absolute atomic E-state index is 13.9. The van der Waals surface area contributed by atoms with Crippen LogP contribution in [-0.2, 0) is 6.18 Å². The lowest BCUT2D eigenvalue weighted by Crippen LogP contribution is -2.14. The van der Waals surface area contributed by atoms with Crippen molar-refractivity contribution >= 4 is 22.9 Å². The molecule has 0 spiro atoms. The number of halogens is 4. The molecule has 0 saturated carbocycles. The van der Waals surface area contributed by atoms with Crippen LogP contribution in [0.3, 0.4) is 0 Å². The monoisotopic (exact) mass is 542 g/mol. The van der Waals surface area contributed by atoms with E-state index in [1.54, 1.807) is 66.0 Å². The van der Waals surface area contributed by atoms with Crippen molar-refractivity contribution in [2.45, 2.75) is 6.18 Å². The van der Waals surface area contributed by atoms with Gasteiger partial charge in [-0.25, -0.2) is 9.97 Å². The molecule has 3 heterocycles. The van der Waals surface area contributed by atoms with E-state index in [1.165, 1.54) is 30.2 Å². The second kappa shape index (κ2) is 9.87. The van der Waals surface area contributed by atoms with E-state index in [1.807, 2.05) is 0 Å². The molecule has 2 aromatic carbocycles. The van der Waals surface area contributed by atoms with Gasteiger partial charge in [0.25, 0.3) is 5.95 Å². The van der Waals surface area contributed by atoms with Crippen LogP contribution in [-0.4, -0.2) is 34.0 Å². The predicted molar refractivity (Wildman–Crippen MR) is 136 cm³/mol. The van der Waals surface area contributed by atoms with Gasteiger partial charge in [-0.05, 0) is 41.8 Å². The fourth-order valence-electron chi connectivity index (χ4n) is 3.74. The minimum Gasteiger partial charge on any atom is -0.497 e. The Hall–Kier alpha value is -3.89. The van der Waals surface area contributed by atoms with E-state index in [-0.39, 0.29) is 16.7 Å². The summed E-state index contributed by atoms with van der Waals surface area (Å²) < 4.78 is 53.6. The zero-order valence-electron chi connectivity index (χ0n) is 19.5. The fraction of sp³-hybridized carbons (Fsp3) is 0.115. The second-order valence-electron chi connectivity index (χ2n) is 7.80. The molecule has 0 fully saturated rings. The third kappa shape index (κ3) is 4.90. The van der Waals surface area contributed by atoms with Crippen molar-refractivity contribution in [3.05, 3.63) is 82.8 Å². The molecule has 3 aromatic heterocycles. The van der Waals surface area contributed by atoms with E-state index >= 15 is 0 Å². The number of aromatic nitrogens is 4. The Labute approximate surface area is 218 Å². The van der Waals surface area contributed by atoms with Gasteiger partial charge in [0.2, 0.25) is 0 Å².